The summed E-state index contributed by atoms with van der Waals surface area (Å²) in [6, 6.07) is 0.0479. The zero-order chi connectivity index (χ0) is 12.0. The largest absolute Gasteiger partial charge is 0.378 e. The normalized spacial score (nSPS) is 24.4. The number of carbonyl (C=O) groups excluding carboxylic acids is 1. The highest BCUT2D eigenvalue weighted by molar-refractivity contribution is 5.74. The zero-order valence-corrected chi connectivity index (χ0v) is 10.7. The Morgan fingerprint density at radius 2 is 2.06 bits per heavy atom. The molecule has 1 saturated heterocycles. The monoisotopic (exact) mass is 228 g/mol. The first-order valence-corrected chi connectivity index (χ1v) is 6.37. The van der Waals surface area contributed by atoms with Crippen molar-refractivity contribution in [3.63, 3.8) is 0 Å². The molecule has 1 aliphatic rings. The van der Waals surface area contributed by atoms with Crippen LogP contribution in [0.3, 0.4) is 0 Å². The van der Waals surface area contributed by atoms with Crippen molar-refractivity contribution in [1.29, 1.82) is 0 Å². The van der Waals surface area contributed by atoms with Crippen molar-refractivity contribution in [2.24, 2.45) is 5.92 Å². The zero-order valence-electron chi connectivity index (χ0n) is 10.7. The third-order valence-electron chi connectivity index (χ3n) is 3.31. The molecule has 1 N–H and O–H groups in total. The molecular formula is C12H24N2O2. The quantitative estimate of drug-likeness (QED) is 0.780. The van der Waals surface area contributed by atoms with Crippen LogP contribution in [-0.2, 0) is 4.74 Å². The van der Waals surface area contributed by atoms with E-state index < -0.39 is 0 Å². The minimum absolute atomic E-state index is 0.0479. The highest BCUT2D eigenvalue weighted by Gasteiger charge is 2.27. The van der Waals surface area contributed by atoms with E-state index in [0.717, 1.165) is 39.1 Å². The number of ether oxygens (including phenoxy) is 1. The third kappa shape index (κ3) is 3.37. The van der Waals surface area contributed by atoms with Gasteiger partial charge in [0.1, 0.15) is 0 Å². The fourth-order valence-corrected chi connectivity index (χ4v) is 2.22. The van der Waals surface area contributed by atoms with Crippen LogP contribution in [0.1, 0.15) is 33.6 Å². The number of carbonyl (C=O) groups is 1. The summed E-state index contributed by atoms with van der Waals surface area (Å²) in [7, 11) is 0. The lowest BCUT2D eigenvalue weighted by Gasteiger charge is -2.22. The molecule has 94 valence electrons. The van der Waals surface area contributed by atoms with Crippen molar-refractivity contribution in [3.05, 3.63) is 0 Å². The number of nitrogens with one attached hydrogen (secondary N) is 1. The molecular weight excluding hydrogens is 204 g/mol. The van der Waals surface area contributed by atoms with Gasteiger partial charge in [-0.2, -0.15) is 0 Å². The van der Waals surface area contributed by atoms with Crippen molar-refractivity contribution >= 4 is 6.03 Å². The van der Waals surface area contributed by atoms with Crippen molar-refractivity contribution in [2.45, 2.75) is 39.7 Å². The van der Waals surface area contributed by atoms with Crippen LogP contribution < -0.4 is 5.32 Å². The maximum Gasteiger partial charge on any atom is 0.317 e. The standard InChI is InChI=1S/C12H24N2O2/c1-4-11-10(7-8-16-11)9-13-12(15)14(5-2)6-3/h10-11H,4-9H2,1-3H3,(H,13,15). The van der Waals surface area contributed by atoms with Gasteiger partial charge >= 0.3 is 6.03 Å². The van der Waals surface area contributed by atoms with Crippen LogP contribution in [0.2, 0.25) is 0 Å². The average Bonchev–Trinajstić information content (AvgIpc) is 2.75. The van der Waals surface area contributed by atoms with Crippen molar-refractivity contribution in [1.82, 2.24) is 10.2 Å². The van der Waals surface area contributed by atoms with Gasteiger partial charge in [-0.15, -0.1) is 0 Å². The average molecular weight is 228 g/mol. The second-order valence-electron chi connectivity index (χ2n) is 4.22. The van der Waals surface area contributed by atoms with Crippen LogP contribution in [0.15, 0.2) is 0 Å². The number of urea groups is 1. The molecule has 0 aromatic rings. The highest BCUT2D eigenvalue weighted by atomic mass is 16.5. The van der Waals surface area contributed by atoms with Gasteiger partial charge in [0, 0.05) is 32.2 Å². The summed E-state index contributed by atoms with van der Waals surface area (Å²) in [5.41, 5.74) is 0. The van der Waals surface area contributed by atoms with E-state index in [1.54, 1.807) is 4.90 Å². The van der Waals surface area contributed by atoms with Crippen molar-refractivity contribution in [2.75, 3.05) is 26.2 Å². The van der Waals surface area contributed by atoms with Crippen LogP contribution in [0, 0.1) is 5.92 Å². The first-order valence-electron chi connectivity index (χ1n) is 6.37. The van der Waals surface area contributed by atoms with Gasteiger partial charge < -0.3 is 15.0 Å². The van der Waals surface area contributed by atoms with Crippen molar-refractivity contribution in [3.8, 4) is 0 Å². The Morgan fingerprint density at radius 3 is 2.62 bits per heavy atom. The van der Waals surface area contributed by atoms with E-state index in [-0.39, 0.29) is 6.03 Å². The molecule has 4 nitrogen and oxygen atoms in total. The van der Waals surface area contributed by atoms with Gasteiger partial charge in [-0.1, -0.05) is 6.92 Å². The first-order chi connectivity index (χ1) is 7.72. The molecule has 0 saturated carbocycles. The fraction of sp³-hybridized carbons (Fsp3) is 0.917. The number of hydrogen-bond acceptors (Lipinski definition) is 2. The lowest BCUT2D eigenvalue weighted by Crippen LogP contribution is -2.42. The molecule has 0 aliphatic carbocycles. The van der Waals surface area contributed by atoms with Crippen molar-refractivity contribution < 1.29 is 9.53 Å². The van der Waals surface area contributed by atoms with Crippen LogP contribution in [0.25, 0.3) is 0 Å². The van der Waals surface area contributed by atoms with Gasteiger partial charge in [0.2, 0.25) is 0 Å². The predicted molar refractivity (Wildman–Crippen MR) is 64.5 cm³/mol. The van der Waals surface area contributed by atoms with Crippen LogP contribution in [-0.4, -0.2) is 43.3 Å². The minimum atomic E-state index is 0.0479. The second kappa shape index (κ2) is 6.74. The summed E-state index contributed by atoms with van der Waals surface area (Å²) < 4.78 is 5.60. The van der Waals surface area contributed by atoms with E-state index in [9.17, 15) is 4.79 Å². The molecule has 0 aromatic heterocycles. The van der Waals surface area contributed by atoms with E-state index in [2.05, 4.69) is 12.2 Å². The van der Waals surface area contributed by atoms with E-state index in [4.69, 9.17) is 4.74 Å². The first kappa shape index (κ1) is 13.3. The molecule has 2 amide bonds. The molecule has 1 heterocycles. The fourth-order valence-electron chi connectivity index (χ4n) is 2.22. The van der Waals surface area contributed by atoms with Gasteiger partial charge in [-0.05, 0) is 26.7 Å². The molecule has 4 heteroatoms. The number of nitrogens with zero attached hydrogens (tertiary/aromatic N) is 1. The smallest absolute Gasteiger partial charge is 0.317 e. The SMILES string of the molecule is CCC1OCCC1CNC(=O)N(CC)CC. The highest BCUT2D eigenvalue weighted by Crippen LogP contribution is 2.22. The summed E-state index contributed by atoms with van der Waals surface area (Å²) in [6.07, 6.45) is 2.43. The Balaban J connectivity index is 2.30. The van der Waals surface area contributed by atoms with Crippen LogP contribution in [0.4, 0.5) is 4.79 Å². The summed E-state index contributed by atoms with van der Waals surface area (Å²) in [5, 5.41) is 3.00. The van der Waals surface area contributed by atoms with E-state index in [0.29, 0.717) is 12.0 Å². The van der Waals surface area contributed by atoms with Gasteiger partial charge in [0.15, 0.2) is 0 Å². The molecule has 0 radical (unpaired) electrons. The third-order valence-corrected chi connectivity index (χ3v) is 3.31. The summed E-state index contributed by atoms with van der Waals surface area (Å²) in [4.78, 5) is 13.5. The molecule has 1 fully saturated rings. The summed E-state index contributed by atoms with van der Waals surface area (Å²) in [6.45, 7) is 9.24. The lowest BCUT2D eigenvalue weighted by molar-refractivity contribution is 0.0873. The Labute approximate surface area is 98.3 Å². The van der Waals surface area contributed by atoms with E-state index >= 15 is 0 Å². The van der Waals surface area contributed by atoms with Crippen LogP contribution in [0.5, 0.6) is 0 Å². The molecule has 0 bridgehead atoms. The van der Waals surface area contributed by atoms with Gasteiger partial charge in [0.05, 0.1) is 6.10 Å². The maximum absolute atomic E-state index is 11.7. The topological polar surface area (TPSA) is 41.6 Å². The molecule has 1 rings (SSSR count). The Hall–Kier alpha value is -0.770. The Kier molecular flexibility index (Phi) is 5.60. The summed E-state index contributed by atoms with van der Waals surface area (Å²) >= 11 is 0. The van der Waals surface area contributed by atoms with Gasteiger partial charge in [0.25, 0.3) is 0 Å². The lowest BCUT2D eigenvalue weighted by atomic mass is 10.00. The minimum Gasteiger partial charge on any atom is -0.378 e. The molecule has 0 spiro atoms. The van der Waals surface area contributed by atoms with Crippen LogP contribution >= 0.6 is 0 Å². The maximum atomic E-state index is 11.7. The summed E-state index contributed by atoms with van der Waals surface area (Å²) in [5.74, 6) is 0.490. The molecule has 16 heavy (non-hydrogen) atoms. The van der Waals surface area contributed by atoms with E-state index in [1.165, 1.54) is 0 Å². The Morgan fingerprint density at radius 1 is 1.38 bits per heavy atom. The van der Waals surface area contributed by atoms with Gasteiger partial charge in [-0.3, -0.25) is 0 Å². The predicted octanol–water partition coefficient (Wildman–Crippen LogP) is 1.85. The molecule has 2 unspecified atom stereocenters. The van der Waals surface area contributed by atoms with Gasteiger partial charge in [-0.25, -0.2) is 4.79 Å². The molecule has 2 atom stereocenters. The number of hydrogen-bond donors (Lipinski definition) is 1. The number of rotatable bonds is 5. The number of amides is 2. The molecule has 1 aliphatic heterocycles. The van der Waals surface area contributed by atoms with E-state index in [1.807, 2.05) is 13.8 Å². The Bertz CT molecular complexity index is 217. The molecule has 0 aromatic carbocycles. The second-order valence-corrected chi connectivity index (χ2v) is 4.22.